The Bertz CT molecular complexity index is 501. The first-order chi connectivity index (χ1) is 9.65. The number of aryl methyl sites for hydroxylation is 2. The van der Waals surface area contributed by atoms with Crippen LogP contribution in [0, 0.1) is 6.92 Å². The number of nitrogens with one attached hydrogen (secondary N) is 1. The van der Waals surface area contributed by atoms with E-state index in [0.29, 0.717) is 12.1 Å². The van der Waals surface area contributed by atoms with Crippen LogP contribution in [0.1, 0.15) is 43.0 Å². The Labute approximate surface area is 123 Å². The summed E-state index contributed by atoms with van der Waals surface area (Å²) in [5, 5.41) is 3.69. The standard InChI is InChI=1S/C19H25N/c1-15-9-13-19(14-10-15)17(3)20-16(2)11-12-18-7-5-4-6-8-18/h4-10,13-14,16-17,20H,11-12H2,1-3H3. The molecule has 2 atom stereocenters. The van der Waals surface area contributed by atoms with Crippen molar-refractivity contribution < 1.29 is 0 Å². The van der Waals surface area contributed by atoms with Gasteiger partial charge in [-0.05, 0) is 44.7 Å². The van der Waals surface area contributed by atoms with E-state index in [1.165, 1.54) is 23.1 Å². The molecule has 0 bridgehead atoms. The van der Waals surface area contributed by atoms with Gasteiger partial charge in [-0.1, -0.05) is 60.2 Å². The van der Waals surface area contributed by atoms with Crippen LogP contribution in [0.2, 0.25) is 0 Å². The summed E-state index contributed by atoms with van der Waals surface area (Å²) >= 11 is 0. The number of benzene rings is 2. The molecular formula is C19H25N. The molecule has 2 rings (SSSR count). The molecular weight excluding hydrogens is 242 g/mol. The quantitative estimate of drug-likeness (QED) is 0.802. The molecule has 0 aliphatic heterocycles. The molecule has 106 valence electrons. The van der Waals surface area contributed by atoms with Crippen LogP contribution in [-0.4, -0.2) is 6.04 Å². The Morgan fingerprint density at radius 2 is 1.55 bits per heavy atom. The van der Waals surface area contributed by atoms with E-state index < -0.39 is 0 Å². The monoisotopic (exact) mass is 267 g/mol. The van der Waals surface area contributed by atoms with E-state index in [1.807, 2.05) is 0 Å². The van der Waals surface area contributed by atoms with Crippen LogP contribution in [-0.2, 0) is 6.42 Å². The second kappa shape index (κ2) is 7.25. The maximum atomic E-state index is 3.69. The summed E-state index contributed by atoms with van der Waals surface area (Å²) in [6.07, 6.45) is 2.30. The Morgan fingerprint density at radius 1 is 0.900 bits per heavy atom. The van der Waals surface area contributed by atoms with Crippen molar-refractivity contribution in [1.29, 1.82) is 0 Å². The van der Waals surface area contributed by atoms with Crippen molar-refractivity contribution in [2.24, 2.45) is 0 Å². The van der Waals surface area contributed by atoms with Gasteiger partial charge in [0.2, 0.25) is 0 Å². The Morgan fingerprint density at radius 3 is 2.20 bits per heavy atom. The molecule has 0 fully saturated rings. The van der Waals surface area contributed by atoms with Crippen molar-refractivity contribution in [2.75, 3.05) is 0 Å². The van der Waals surface area contributed by atoms with Crippen molar-refractivity contribution in [3.05, 3.63) is 71.3 Å². The fourth-order valence-electron chi connectivity index (χ4n) is 2.49. The predicted molar refractivity (Wildman–Crippen MR) is 87.0 cm³/mol. The second-order valence-corrected chi connectivity index (χ2v) is 5.72. The predicted octanol–water partition coefficient (Wildman–Crippen LogP) is 4.67. The van der Waals surface area contributed by atoms with Gasteiger partial charge in [0.15, 0.2) is 0 Å². The van der Waals surface area contributed by atoms with E-state index in [0.717, 1.165) is 6.42 Å². The Balaban J connectivity index is 1.82. The van der Waals surface area contributed by atoms with Crippen LogP contribution in [0.4, 0.5) is 0 Å². The third-order valence-electron chi connectivity index (χ3n) is 3.82. The lowest BCUT2D eigenvalue weighted by molar-refractivity contribution is 0.456. The molecule has 0 spiro atoms. The van der Waals surface area contributed by atoms with Crippen molar-refractivity contribution in [3.63, 3.8) is 0 Å². The van der Waals surface area contributed by atoms with E-state index in [4.69, 9.17) is 0 Å². The molecule has 0 saturated carbocycles. The molecule has 0 heterocycles. The number of hydrogen-bond acceptors (Lipinski definition) is 1. The molecule has 0 aromatic heterocycles. The highest BCUT2D eigenvalue weighted by Gasteiger charge is 2.09. The third-order valence-corrected chi connectivity index (χ3v) is 3.82. The molecule has 2 unspecified atom stereocenters. The van der Waals surface area contributed by atoms with Gasteiger partial charge in [0, 0.05) is 12.1 Å². The van der Waals surface area contributed by atoms with Crippen molar-refractivity contribution in [1.82, 2.24) is 5.32 Å². The number of hydrogen-bond donors (Lipinski definition) is 1. The maximum absolute atomic E-state index is 3.69. The first-order valence-corrected chi connectivity index (χ1v) is 7.51. The van der Waals surface area contributed by atoms with Gasteiger partial charge in [-0.2, -0.15) is 0 Å². The average Bonchev–Trinajstić information content (AvgIpc) is 2.47. The SMILES string of the molecule is Cc1ccc(C(C)NC(C)CCc2ccccc2)cc1. The lowest BCUT2D eigenvalue weighted by Crippen LogP contribution is -2.29. The average molecular weight is 267 g/mol. The van der Waals surface area contributed by atoms with Gasteiger partial charge in [-0.15, -0.1) is 0 Å². The van der Waals surface area contributed by atoms with Crippen LogP contribution in [0.25, 0.3) is 0 Å². The minimum Gasteiger partial charge on any atom is -0.308 e. The Hall–Kier alpha value is -1.60. The van der Waals surface area contributed by atoms with Gasteiger partial charge in [-0.25, -0.2) is 0 Å². The van der Waals surface area contributed by atoms with E-state index in [9.17, 15) is 0 Å². The Kier molecular flexibility index (Phi) is 5.37. The van der Waals surface area contributed by atoms with Gasteiger partial charge in [0.1, 0.15) is 0 Å². The fraction of sp³-hybridized carbons (Fsp3) is 0.368. The summed E-state index contributed by atoms with van der Waals surface area (Å²) in [7, 11) is 0. The number of rotatable bonds is 6. The minimum absolute atomic E-state index is 0.404. The fourth-order valence-corrected chi connectivity index (χ4v) is 2.49. The van der Waals surface area contributed by atoms with Crippen molar-refractivity contribution in [3.8, 4) is 0 Å². The molecule has 0 aliphatic carbocycles. The molecule has 0 aliphatic rings. The molecule has 0 radical (unpaired) electrons. The molecule has 1 nitrogen and oxygen atoms in total. The highest BCUT2D eigenvalue weighted by atomic mass is 14.9. The topological polar surface area (TPSA) is 12.0 Å². The summed E-state index contributed by atoms with van der Waals surface area (Å²) in [5.74, 6) is 0. The van der Waals surface area contributed by atoms with E-state index in [-0.39, 0.29) is 0 Å². The van der Waals surface area contributed by atoms with Crippen molar-refractivity contribution in [2.45, 2.75) is 45.7 Å². The van der Waals surface area contributed by atoms with Crippen LogP contribution >= 0.6 is 0 Å². The van der Waals surface area contributed by atoms with Crippen LogP contribution in [0.5, 0.6) is 0 Å². The normalized spacial score (nSPS) is 13.9. The summed E-state index contributed by atoms with van der Waals surface area (Å²) in [6.45, 7) is 6.64. The summed E-state index contributed by atoms with van der Waals surface area (Å²) in [5.41, 5.74) is 4.10. The molecule has 0 amide bonds. The summed E-state index contributed by atoms with van der Waals surface area (Å²) in [6, 6.07) is 20.4. The zero-order valence-electron chi connectivity index (χ0n) is 12.8. The lowest BCUT2D eigenvalue weighted by atomic mass is 10.0. The largest absolute Gasteiger partial charge is 0.308 e. The van der Waals surface area contributed by atoms with Crippen LogP contribution in [0.15, 0.2) is 54.6 Å². The lowest BCUT2D eigenvalue weighted by Gasteiger charge is -2.20. The highest BCUT2D eigenvalue weighted by molar-refractivity contribution is 5.23. The van der Waals surface area contributed by atoms with Gasteiger partial charge in [0.25, 0.3) is 0 Å². The maximum Gasteiger partial charge on any atom is 0.0294 e. The molecule has 1 N–H and O–H groups in total. The van der Waals surface area contributed by atoms with Crippen LogP contribution < -0.4 is 5.32 Å². The zero-order valence-corrected chi connectivity index (χ0v) is 12.8. The van der Waals surface area contributed by atoms with Gasteiger partial charge in [-0.3, -0.25) is 0 Å². The third kappa shape index (κ3) is 4.50. The minimum atomic E-state index is 0.404. The highest BCUT2D eigenvalue weighted by Crippen LogP contribution is 2.15. The summed E-state index contributed by atoms with van der Waals surface area (Å²) < 4.78 is 0. The van der Waals surface area contributed by atoms with E-state index in [2.05, 4.69) is 80.7 Å². The second-order valence-electron chi connectivity index (χ2n) is 5.72. The molecule has 2 aromatic rings. The van der Waals surface area contributed by atoms with Crippen molar-refractivity contribution >= 4 is 0 Å². The molecule has 2 aromatic carbocycles. The molecule has 0 saturated heterocycles. The summed E-state index contributed by atoms with van der Waals surface area (Å²) in [4.78, 5) is 0. The van der Waals surface area contributed by atoms with E-state index in [1.54, 1.807) is 0 Å². The van der Waals surface area contributed by atoms with Gasteiger partial charge in [0.05, 0.1) is 0 Å². The van der Waals surface area contributed by atoms with Gasteiger partial charge < -0.3 is 5.32 Å². The smallest absolute Gasteiger partial charge is 0.0294 e. The molecule has 20 heavy (non-hydrogen) atoms. The first-order valence-electron chi connectivity index (χ1n) is 7.51. The molecule has 1 heteroatoms. The zero-order chi connectivity index (χ0) is 14.4. The van der Waals surface area contributed by atoms with Gasteiger partial charge >= 0.3 is 0 Å². The van der Waals surface area contributed by atoms with E-state index >= 15 is 0 Å². The first kappa shape index (κ1) is 14.8. The van der Waals surface area contributed by atoms with Crippen LogP contribution in [0.3, 0.4) is 0 Å².